The molecule has 0 aliphatic carbocycles. The molecule has 0 N–H and O–H groups in total. The van der Waals surface area contributed by atoms with Crippen LogP contribution in [-0.2, 0) is 21.4 Å². The summed E-state index contributed by atoms with van der Waals surface area (Å²) in [6.07, 6.45) is 1.00. The fourth-order valence-electron chi connectivity index (χ4n) is 1.63. The van der Waals surface area contributed by atoms with E-state index in [1.807, 2.05) is 32.9 Å². The lowest BCUT2D eigenvalue weighted by Crippen LogP contribution is -2.31. The number of halogens is 1. The van der Waals surface area contributed by atoms with E-state index in [1.54, 1.807) is 0 Å². The number of ether oxygens (including phenoxy) is 1. The quantitative estimate of drug-likeness (QED) is 0.615. The number of esters is 1. The van der Waals surface area contributed by atoms with Gasteiger partial charge in [-0.05, 0) is 38.3 Å². The summed E-state index contributed by atoms with van der Waals surface area (Å²) < 4.78 is 5.09. The van der Waals surface area contributed by atoms with Gasteiger partial charge in [0.05, 0.1) is 12.0 Å². The van der Waals surface area contributed by atoms with Crippen LogP contribution in [-0.4, -0.2) is 17.9 Å². The first-order valence-electron chi connectivity index (χ1n) is 5.85. The molecule has 0 spiro atoms. The monoisotopic (exact) mass is 298 g/mol. The van der Waals surface area contributed by atoms with E-state index in [2.05, 4.69) is 28.1 Å². The second-order valence-corrected chi connectivity index (χ2v) is 5.27. The third kappa shape index (κ3) is 3.56. The average molecular weight is 299 g/mol. The van der Waals surface area contributed by atoms with E-state index in [9.17, 15) is 4.79 Å². The van der Waals surface area contributed by atoms with Crippen LogP contribution in [0.5, 0.6) is 0 Å². The summed E-state index contributed by atoms with van der Waals surface area (Å²) >= 11 is 3.41. The number of hydrogen-bond acceptors (Lipinski definition) is 2. The SMILES string of the molecule is CCOC(=O)C(C)(C)c1ccc(CCBr)cc1. The molecule has 1 aromatic rings. The lowest BCUT2D eigenvalue weighted by atomic mass is 9.84. The summed E-state index contributed by atoms with van der Waals surface area (Å²) in [5.41, 5.74) is 1.68. The van der Waals surface area contributed by atoms with Crippen molar-refractivity contribution in [2.45, 2.75) is 32.6 Å². The maximum Gasteiger partial charge on any atom is 0.315 e. The fourth-order valence-corrected chi connectivity index (χ4v) is 2.08. The van der Waals surface area contributed by atoms with Crippen molar-refractivity contribution in [2.24, 2.45) is 0 Å². The number of carbonyl (C=O) groups excluding carboxylic acids is 1. The van der Waals surface area contributed by atoms with Crippen molar-refractivity contribution in [3.05, 3.63) is 35.4 Å². The van der Waals surface area contributed by atoms with Gasteiger partial charge >= 0.3 is 5.97 Å². The number of hydrogen-bond donors (Lipinski definition) is 0. The van der Waals surface area contributed by atoms with Crippen molar-refractivity contribution < 1.29 is 9.53 Å². The lowest BCUT2D eigenvalue weighted by molar-refractivity contribution is -0.148. The van der Waals surface area contributed by atoms with Crippen LogP contribution in [0.3, 0.4) is 0 Å². The Kier molecular flexibility index (Phi) is 5.19. The van der Waals surface area contributed by atoms with Crippen LogP contribution >= 0.6 is 15.9 Å². The van der Waals surface area contributed by atoms with Crippen molar-refractivity contribution in [2.75, 3.05) is 11.9 Å². The van der Waals surface area contributed by atoms with E-state index in [4.69, 9.17) is 4.74 Å². The Labute approximate surface area is 111 Å². The van der Waals surface area contributed by atoms with Gasteiger partial charge in [-0.1, -0.05) is 40.2 Å². The summed E-state index contributed by atoms with van der Waals surface area (Å²) in [4.78, 5) is 11.8. The Hall–Kier alpha value is -0.830. The normalized spacial score (nSPS) is 11.3. The molecule has 0 aliphatic rings. The number of rotatable bonds is 5. The third-order valence-corrected chi connectivity index (χ3v) is 3.24. The molecule has 2 nitrogen and oxygen atoms in total. The number of alkyl halides is 1. The van der Waals surface area contributed by atoms with Gasteiger partial charge in [0.15, 0.2) is 0 Å². The molecule has 0 saturated heterocycles. The van der Waals surface area contributed by atoms with Crippen LogP contribution in [0.25, 0.3) is 0 Å². The van der Waals surface area contributed by atoms with Crippen LogP contribution < -0.4 is 0 Å². The topological polar surface area (TPSA) is 26.3 Å². The third-order valence-electron chi connectivity index (χ3n) is 2.84. The molecule has 0 heterocycles. The molecule has 1 aromatic carbocycles. The van der Waals surface area contributed by atoms with Gasteiger partial charge < -0.3 is 4.74 Å². The van der Waals surface area contributed by atoms with Crippen molar-refractivity contribution in [3.8, 4) is 0 Å². The van der Waals surface area contributed by atoms with Gasteiger partial charge in [-0.15, -0.1) is 0 Å². The molecule has 0 atom stereocenters. The van der Waals surface area contributed by atoms with Crippen LogP contribution in [0.2, 0.25) is 0 Å². The maximum absolute atomic E-state index is 11.8. The van der Waals surface area contributed by atoms with Gasteiger partial charge in [-0.2, -0.15) is 0 Å². The maximum atomic E-state index is 11.8. The Morgan fingerprint density at radius 1 is 1.29 bits per heavy atom. The number of aryl methyl sites for hydroxylation is 1. The molecule has 0 unspecified atom stereocenters. The summed E-state index contributed by atoms with van der Waals surface area (Å²) in [7, 11) is 0. The molecule has 0 fully saturated rings. The zero-order valence-corrected chi connectivity index (χ0v) is 12.2. The average Bonchev–Trinajstić information content (AvgIpc) is 2.30. The van der Waals surface area contributed by atoms with Crippen molar-refractivity contribution in [3.63, 3.8) is 0 Å². The van der Waals surface area contributed by atoms with E-state index >= 15 is 0 Å². The van der Waals surface area contributed by atoms with E-state index in [0.717, 1.165) is 17.3 Å². The molecule has 17 heavy (non-hydrogen) atoms. The predicted molar refractivity (Wildman–Crippen MR) is 73.6 cm³/mol. The number of benzene rings is 1. The summed E-state index contributed by atoms with van der Waals surface area (Å²) in [5.74, 6) is -0.173. The van der Waals surface area contributed by atoms with Crippen molar-refractivity contribution in [1.82, 2.24) is 0 Å². The molecule has 0 aromatic heterocycles. The van der Waals surface area contributed by atoms with Gasteiger partial charge in [0, 0.05) is 5.33 Å². The predicted octanol–water partition coefficient (Wildman–Crippen LogP) is 3.46. The minimum Gasteiger partial charge on any atom is -0.465 e. The van der Waals surface area contributed by atoms with Gasteiger partial charge in [-0.3, -0.25) is 4.79 Å². The van der Waals surface area contributed by atoms with Crippen LogP contribution in [0.15, 0.2) is 24.3 Å². The van der Waals surface area contributed by atoms with Crippen molar-refractivity contribution >= 4 is 21.9 Å². The van der Waals surface area contributed by atoms with Crippen LogP contribution in [0.1, 0.15) is 31.9 Å². The highest BCUT2D eigenvalue weighted by Gasteiger charge is 2.31. The minimum absolute atomic E-state index is 0.173. The molecule has 1 rings (SSSR count). The Balaban J connectivity index is 2.87. The molecule has 3 heteroatoms. The molecule has 0 aliphatic heterocycles. The first-order chi connectivity index (χ1) is 8.02. The Morgan fingerprint density at radius 3 is 2.35 bits per heavy atom. The molecular formula is C14H19BrO2. The molecular weight excluding hydrogens is 280 g/mol. The van der Waals surface area contributed by atoms with Crippen LogP contribution in [0.4, 0.5) is 0 Å². The minimum atomic E-state index is -0.580. The summed E-state index contributed by atoms with van der Waals surface area (Å²) in [6, 6.07) is 8.15. The second kappa shape index (κ2) is 6.20. The van der Waals surface area contributed by atoms with Gasteiger partial charge in [0.25, 0.3) is 0 Å². The highest BCUT2D eigenvalue weighted by atomic mass is 79.9. The first-order valence-corrected chi connectivity index (χ1v) is 6.97. The van der Waals surface area contributed by atoms with E-state index in [1.165, 1.54) is 5.56 Å². The van der Waals surface area contributed by atoms with Gasteiger partial charge in [0.1, 0.15) is 0 Å². The smallest absolute Gasteiger partial charge is 0.315 e. The molecule has 0 amide bonds. The molecule has 0 radical (unpaired) electrons. The Morgan fingerprint density at radius 2 is 1.88 bits per heavy atom. The van der Waals surface area contributed by atoms with Crippen LogP contribution in [0, 0.1) is 0 Å². The summed E-state index contributed by atoms with van der Waals surface area (Å²) in [5, 5.41) is 0.952. The lowest BCUT2D eigenvalue weighted by Gasteiger charge is -2.23. The molecule has 0 bridgehead atoms. The molecule has 0 saturated carbocycles. The standard InChI is InChI=1S/C14H19BrO2/c1-4-17-13(16)14(2,3)12-7-5-11(6-8-12)9-10-15/h5-8H,4,9-10H2,1-3H3. The number of carbonyl (C=O) groups is 1. The van der Waals surface area contributed by atoms with Gasteiger partial charge in [-0.25, -0.2) is 0 Å². The van der Waals surface area contributed by atoms with E-state index in [0.29, 0.717) is 6.61 Å². The molecule has 94 valence electrons. The highest BCUT2D eigenvalue weighted by Crippen LogP contribution is 2.25. The van der Waals surface area contributed by atoms with E-state index in [-0.39, 0.29) is 5.97 Å². The van der Waals surface area contributed by atoms with Crippen molar-refractivity contribution in [1.29, 1.82) is 0 Å². The Bertz CT molecular complexity index is 368. The zero-order valence-electron chi connectivity index (χ0n) is 10.6. The largest absolute Gasteiger partial charge is 0.465 e. The summed E-state index contributed by atoms with van der Waals surface area (Å²) in [6.45, 7) is 6.03. The highest BCUT2D eigenvalue weighted by molar-refractivity contribution is 9.09. The van der Waals surface area contributed by atoms with E-state index < -0.39 is 5.41 Å². The second-order valence-electron chi connectivity index (χ2n) is 4.48. The zero-order chi connectivity index (χ0) is 12.9. The first kappa shape index (κ1) is 14.2. The fraction of sp³-hybridized carbons (Fsp3) is 0.500. The van der Waals surface area contributed by atoms with Gasteiger partial charge in [0.2, 0.25) is 0 Å².